The van der Waals surface area contributed by atoms with Crippen molar-refractivity contribution in [1.29, 1.82) is 0 Å². The van der Waals surface area contributed by atoms with E-state index in [0.29, 0.717) is 0 Å². The van der Waals surface area contributed by atoms with E-state index in [-0.39, 0.29) is 0 Å². The molecule has 7 heteroatoms. The molecule has 0 amide bonds. The molecular formula is C5H6ClN3O2S. The van der Waals surface area contributed by atoms with Crippen molar-refractivity contribution in [1.82, 2.24) is 15.4 Å². The Morgan fingerprint density at radius 1 is 1.50 bits per heavy atom. The van der Waals surface area contributed by atoms with Crippen LogP contribution in [0.2, 0.25) is 0 Å². The first-order valence-electron chi connectivity index (χ1n) is 2.78. The van der Waals surface area contributed by atoms with E-state index in [1.165, 1.54) is 0 Å². The maximum atomic E-state index is 9.49. The summed E-state index contributed by atoms with van der Waals surface area (Å²) in [6.07, 6.45) is 3.15. The second-order valence-corrected chi connectivity index (χ2v) is 2.74. The van der Waals surface area contributed by atoms with Gasteiger partial charge in [0.05, 0.1) is 12.4 Å². The van der Waals surface area contributed by atoms with Gasteiger partial charge in [0.25, 0.3) is 0 Å². The maximum Gasteiger partial charge on any atom is 0.331 e. The predicted molar refractivity (Wildman–Crippen MR) is 46.1 cm³/mol. The number of carboxylic acids is 1. The normalized spacial score (nSPS) is 10.8. The Balaban J connectivity index is 0.000000202. The Morgan fingerprint density at radius 3 is 2.00 bits per heavy atom. The van der Waals surface area contributed by atoms with Crippen molar-refractivity contribution in [3.63, 3.8) is 0 Å². The van der Waals surface area contributed by atoms with Crippen LogP contribution in [0, 0.1) is 0 Å². The molecule has 5 nitrogen and oxygen atoms in total. The van der Waals surface area contributed by atoms with Crippen molar-refractivity contribution in [2.45, 2.75) is 4.71 Å². The predicted octanol–water partition coefficient (Wildman–Crippen LogP) is 0.437. The number of hydrogen-bond acceptors (Lipinski definition) is 5. The zero-order chi connectivity index (χ0) is 9.40. The van der Waals surface area contributed by atoms with Crippen molar-refractivity contribution in [3.8, 4) is 0 Å². The number of carbonyl (C=O) groups is 1. The molecule has 0 spiro atoms. The summed E-state index contributed by atoms with van der Waals surface area (Å²) in [5, 5.41) is 17.9. The van der Waals surface area contributed by atoms with E-state index in [2.05, 4.69) is 28.0 Å². The maximum absolute atomic E-state index is 9.49. The van der Waals surface area contributed by atoms with Gasteiger partial charge in [-0.05, 0) is 11.3 Å². The summed E-state index contributed by atoms with van der Waals surface area (Å²) in [5.41, 5.74) is 0. The molecule has 0 bridgehead atoms. The number of alkyl halides is 1. The van der Waals surface area contributed by atoms with Crippen LogP contribution in [-0.4, -0.2) is 31.2 Å². The van der Waals surface area contributed by atoms with Gasteiger partial charge in [-0.2, -0.15) is 0 Å². The average molecular weight is 208 g/mol. The van der Waals surface area contributed by atoms with Crippen LogP contribution in [0.4, 0.5) is 0 Å². The quantitative estimate of drug-likeness (QED) is 0.516. The van der Waals surface area contributed by atoms with Gasteiger partial charge in [-0.15, -0.1) is 22.8 Å². The lowest BCUT2D eigenvalue weighted by atomic mass is 10.7. The lowest BCUT2D eigenvalue weighted by molar-refractivity contribution is -0.134. The zero-order valence-corrected chi connectivity index (χ0v) is 7.48. The Morgan fingerprint density at radius 2 is 1.92 bits per heavy atom. The summed E-state index contributed by atoms with van der Waals surface area (Å²) in [6, 6.07) is 1.72. The fourth-order valence-corrected chi connectivity index (χ4v) is 0.205. The summed E-state index contributed by atoms with van der Waals surface area (Å²) in [5.74, 6) is -1.11. The van der Waals surface area contributed by atoms with E-state index in [4.69, 9.17) is 16.7 Å². The molecule has 1 N–H and O–H groups in total. The molecule has 0 aliphatic heterocycles. The smallest absolute Gasteiger partial charge is 0.331 e. The van der Waals surface area contributed by atoms with Gasteiger partial charge in [0.1, 0.15) is 0 Å². The Hall–Kier alpha value is -0.880. The second-order valence-electron chi connectivity index (χ2n) is 1.49. The second kappa shape index (κ2) is 6.81. The van der Waals surface area contributed by atoms with E-state index < -0.39 is 10.7 Å². The fraction of sp³-hybridized carbons (Fsp3) is 0.200. The summed E-state index contributed by atoms with van der Waals surface area (Å²) >= 11 is 8.24. The highest BCUT2D eigenvalue weighted by Crippen LogP contribution is 1.97. The molecular weight excluding hydrogens is 202 g/mol. The van der Waals surface area contributed by atoms with Gasteiger partial charge >= 0.3 is 5.97 Å². The van der Waals surface area contributed by atoms with E-state index in [1.807, 2.05) is 0 Å². The van der Waals surface area contributed by atoms with Crippen molar-refractivity contribution in [2.24, 2.45) is 0 Å². The van der Waals surface area contributed by atoms with Crippen LogP contribution in [0.15, 0.2) is 18.5 Å². The van der Waals surface area contributed by atoms with E-state index >= 15 is 0 Å². The SMILES string of the molecule is O=C(O)C(S)Cl.c1cnnnc1. The number of rotatable bonds is 1. The van der Waals surface area contributed by atoms with Crippen LogP contribution in [0.25, 0.3) is 0 Å². The number of carboxylic acid groups (broad SMARTS) is 1. The first kappa shape index (κ1) is 11.1. The summed E-state index contributed by atoms with van der Waals surface area (Å²) in [7, 11) is 0. The first-order chi connectivity index (χ1) is 5.64. The molecule has 0 aliphatic rings. The third-order valence-corrected chi connectivity index (χ3v) is 1.02. The average Bonchev–Trinajstić information content (AvgIpc) is 2.08. The molecule has 0 saturated carbocycles. The summed E-state index contributed by atoms with van der Waals surface area (Å²) in [4.78, 5) is 9.49. The van der Waals surface area contributed by atoms with Crippen molar-refractivity contribution in [2.75, 3.05) is 0 Å². The third kappa shape index (κ3) is 7.23. The standard InChI is InChI=1S/C3H3N3.C2H3ClO2S/c1-2-4-6-5-3-1;3-1(6)2(4)5/h1-3H;1,6H,(H,4,5). The van der Waals surface area contributed by atoms with Gasteiger partial charge in [0, 0.05) is 0 Å². The van der Waals surface area contributed by atoms with Crippen LogP contribution in [0.1, 0.15) is 0 Å². The van der Waals surface area contributed by atoms with Crippen molar-refractivity contribution in [3.05, 3.63) is 18.5 Å². The van der Waals surface area contributed by atoms with Crippen LogP contribution in [0.5, 0.6) is 0 Å². The molecule has 12 heavy (non-hydrogen) atoms. The molecule has 66 valence electrons. The van der Waals surface area contributed by atoms with Crippen LogP contribution < -0.4 is 0 Å². The highest BCUT2D eigenvalue weighted by molar-refractivity contribution is 7.83. The molecule has 0 aromatic carbocycles. The lowest BCUT2D eigenvalue weighted by Gasteiger charge is -1.85. The van der Waals surface area contributed by atoms with E-state index in [0.717, 1.165) is 0 Å². The number of thiol groups is 1. The zero-order valence-electron chi connectivity index (χ0n) is 5.83. The molecule has 0 fully saturated rings. The monoisotopic (exact) mass is 207 g/mol. The molecule has 1 aromatic rings. The van der Waals surface area contributed by atoms with Gasteiger partial charge in [-0.25, -0.2) is 4.79 Å². The summed E-state index contributed by atoms with van der Waals surface area (Å²) in [6.45, 7) is 0. The van der Waals surface area contributed by atoms with Crippen LogP contribution in [-0.2, 0) is 4.79 Å². The minimum absolute atomic E-state index is 1.06. The van der Waals surface area contributed by atoms with Crippen molar-refractivity contribution < 1.29 is 9.90 Å². The highest BCUT2D eigenvalue weighted by Gasteiger charge is 2.03. The fourth-order valence-electron chi connectivity index (χ4n) is 0.205. The number of hydrogen-bond donors (Lipinski definition) is 2. The lowest BCUT2D eigenvalue weighted by Crippen LogP contribution is -2.03. The van der Waals surface area contributed by atoms with Crippen molar-refractivity contribution >= 4 is 30.2 Å². The number of halogens is 1. The first-order valence-corrected chi connectivity index (χ1v) is 3.73. The van der Waals surface area contributed by atoms with Crippen LogP contribution in [0.3, 0.4) is 0 Å². The molecule has 0 radical (unpaired) electrons. The topological polar surface area (TPSA) is 76.0 Å². The number of aliphatic carboxylic acids is 1. The van der Waals surface area contributed by atoms with E-state index in [9.17, 15) is 4.79 Å². The number of nitrogens with zero attached hydrogens (tertiary/aromatic N) is 3. The molecule has 1 rings (SSSR count). The van der Waals surface area contributed by atoms with Gasteiger partial charge in [-0.3, -0.25) is 0 Å². The minimum atomic E-state index is -1.11. The Bertz CT molecular complexity index is 194. The molecule has 0 saturated heterocycles. The molecule has 1 aromatic heterocycles. The third-order valence-electron chi connectivity index (χ3n) is 0.613. The Labute approximate surface area is 79.2 Å². The molecule has 1 heterocycles. The van der Waals surface area contributed by atoms with Gasteiger partial charge in [0.2, 0.25) is 0 Å². The van der Waals surface area contributed by atoms with Gasteiger partial charge < -0.3 is 5.11 Å². The molecule has 1 atom stereocenters. The molecule has 1 unspecified atom stereocenters. The number of aromatic nitrogens is 3. The molecule has 0 aliphatic carbocycles. The minimum Gasteiger partial charge on any atom is -0.480 e. The summed E-state index contributed by atoms with van der Waals surface area (Å²) < 4.78 is -1.06. The van der Waals surface area contributed by atoms with Gasteiger partial charge in [0.15, 0.2) is 4.71 Å². The van der Waals surface area contributed by atoms with Gasteiger partial charge in [-0.1, -0.05) is 11.6 Å². The Kier molecular flexibility index (Phi) is 6.31. The van der Waals surface area contributed by atoms with E-state index in [1.54, 1.807) is 18.5 Å². The van der Waals surface area contributed by atoms with Crippen LogP contribution >= 0.6 is 24.2 Å². The largest absolute Gasteiger partial charge is 0.480 e. The highest BCUT2D eigenvalue weighted by atomic mass is 35.5.